The SMILES string of the molecule is CC1CN(C(=O)c2n[nH]c3c2CN(C(=O)c2ccc([N+](=O)[O-])cc2)CC3)CC(C)O1. The molecule has 1 saturated heterocycles. The number of ether oxygens (including phenoxy) is 1. The van der Waals surface area contributed by atoms with Crippen LogP contribution in [0, 0.1) is 10.1 Å². The first-order chi connectivity index (χ1) is 14.3. The first-order valence-electron chi connectivity index (χ1n) is 9.88. The number of nitrogens with one attached hydrogen (secondary N) is 1. The molecule has 158 valence electrons. The average molecular weight is 413 g/mol. The van der Waals surface area contributed by atoms with Crippen molar-refractivity contribution in [2.24, 2.45) is 0 Å². The molecule has 0 bridgehead atoms. The number of fused-ring (bicyclic) bond motifs is 1. The summed E-state index contributed by atoms with van der Waals surface area (Å²) in [5.41, 5.74) is 2.24. The van der Waals surface area contributed by atoms with E-state index >= 15 is 0 Å². The standard InChI is InChI=1S/C20H23N5O5/c1-12-9-24(10-13(2)30-12)20(27)18-16-11-23(8-7-17(16)21-22-18)19(26)14-3-5-15(6-4-14)25(28)29/h3-6,12-13H,7-11H2,1-2H3,(H,21,22). The van der Waals surface area contributed by atoms with Gasteiger partial charge in [0.05, 0.1) is 23.7 Å². The molecule has 2 aliphatic heterocycles. The van der Waals surface area contributed by atoms with Crippen LogP contribution in [0.15, 0.2) is 24.3 Å². The fourth-order valence-electron chi connectivity index (χ4n) is 4.05. The van der Waals surface area contributed by atoms with Gasteiger partial charge in [0.2, 0.25) is 0 Å². The van der Waals surface area contributed by atoms with Crippen molar-refractivity contribution in [2.45, 2.75) is 39.0 Å². The van der Waals surface area contributed by atoms with Gasteiger partial charge in [-0.2, -0.15) is 5.10 Å². The highest BCUT2D eigenvalue weighted by atomic mass is 16.6. The van der Waals surface area contributed by atoms with E-state index in [9.17, 15) is 19.7 Å². The third-order valence-corrected chi connectivity index (χ3v) is 5.46. The van der Waals surface area contributed by atoms with Crippen LogP contribution in [0.3, 0.4) is 0 Å². The summed E-state index contributed by atoms with van der Waals surface area (Å²) in [4.78, 5) is 39.7. The van der Waals surface area contributed by atoms with E-state index in [1.54, 1.807) is 9.80 Å². The highest BCUT2D eigenvalue weighted by molar-refractivity contribution is 5.96. The van der Waals surface area contributed by atoms with Gasteiger partial charge in [-0.05, 0) is 26.0 Å². The summed E-state index contributed by atoms with van der Waals surface area (Å²) in [5.74, 6) is -0.400. The van der Waals surface area contributed by atoms with Gasteiger partial charge >= 0.3 is 0 Å². The van der Waals surface area contributed by atoms with E-state index in [0.717, 1.165) is 11.3 Å². The van der Waals surface area contributed by atoms with Crippen molar-refractivity contribution >= 4 is 17.5 Å². The Labute approximate surface area is 172 Å². The molecule has 10 heteroatoms. The third-order valence-electron chi connectivity index (χ3n) is 5.46. The van der Waals surface area contributed by atoms with Crippen molar-refractivity contribution in [1.29, 1.82) is 0 Å². The van der Waals surface area contributed by atoms with E-state index in [2.05, 4.69) is 10.2 Å². The molecule has 0 radical (unpaired) electrons. The summed E-state index contributed by atoms with van der Waals surface area (Å²) in [7, 11) is 0. The molecule has 1 N–H and O–H groups in total. The molecular weight excluding hydrogens is 390 g/mol. The average Bonchev–Trinajstić information content (AvgIpc) is 3.15. The fourth-order valence-corrected chi connectivity index (χ4v) is 4.05. The number of aromatic amines is 1. The van der Waals surface area contributed by atoms with Crippen molar-refractivity contribution in [2.75, 3.05) is 19.6 Å². The molecule has 2 aliphatic rings. The lowest BCUT2D eigenvalue weighted by molar-refractivity contribution is -0.384. The number of nitro groups is 1. The van der Waals surface area contributed by atoms with Crippen LogP contribution in [-0.2, 0) is 17.7 Å². The molecule has 4 rings (SSSR count). The van der Waals surface area contributed by atoms with Gasteiger partial charge in [0.1, 0.15) is 0 Å². The van der Waals surface area contributed by atoms with Gasteiger partial charge in [0.25, 0.3) is 17.5 Å². The van der Waals surface area contributed by atoms with Crippen molar-refractivity contribution in [3.05, 3.63) is 56.9 Å². The van der Waals surface area contributed by atoms with E-state index in [0.29, 0.717) is 37.3 Å². The second kappa shape index (κ2) is 7.86. The molecule has 1 fully saturated rings. The number of non-ortho nitro benzene ring substituents is 1. The van der Waals surface area contributed by atoms with Crippen LogP contribution >= 0.6 is 0 Å². The topological polar surface area (TPSA) is 122 Å². The molecule has 30 heavy (non-hydrogen) atoms. The second-order valence-electron chi connectivity index (χ2n) is 7.78. The highest BCUT2D eigenvalue weighted by Gasteiger charge is 2.33. The van der Waals surface area contributed by atoms with Crippen LogP contribution in [0.1, 0.15) is 46.0 Å². The number of amides is 2. The molecule has 2 aromatic rings. The Morgan fingerprint density at radius 3 is 2.43 bits per heavy atom. The second-order valence-corrected chi connectivity index (χ2v) is 7.78. The lowest BCUT2D eigenvalue weighted by atomic mass is 10.0. The lowest BCUT2D eigenvalue weighted by Gasteiger charge is -2.35. The van der Waals surface area contributed by atoms with Gasteiger partial charge in [-0.1, -0.05) is 0 Å². The van der Waals surface area contributed by atoms with Gasteiger partial charge in [0, 0.05) is 55.0 Å². The summed E-state index contributed by atoms with van der Waals surface area (Å²) in [6.07, 6.45) is 0.463. The molecule has 3 heterocycles. The number of aromatic nitrogens is 2. The Kier molecular flexibility index (Phi) is 5.25. The Hall–Kier alpha value is -3.27. The van der Waals surface area contributed by atoms with Crippen LogP contribution in [0.25, 0.3) is 0 Å². The Morgan fingerprint density at radius 1 is 1.13 bits per heavy atom. The van der Waals surface area contributed by atoms with E-state index in [-0.39, 0.29) is 36.3 Å². The quantitative estimate of drug-likeness (QED) is 0.604. The Morgan fingerprint density at radius 2 is 1.80 bits per heavy atom. The molecule has 2 atom stereocenters. The smallest absolute Gasteiger partial charge is 0.274 e. The number of rotatable bonds is 3. The number of morpholine rings is 1. The number of nitrogens with zero attached hydrogens (tertiary/aromatic N) is 4. The van der Waals surface area contributed by atoms with Gasteiger partial charge in [0.15, 0.2) is 5.69 Å². The van der Waals surface area contributed by atoms with Crippen molar-refractivity contribution in [3.63, 3.8) is 0 Å². The molecular formula is C20H23N5O5. The number of hydrogen-bond acceptors (Lipinski definition) is 6. The number of carbonyl (C=O) groups is 2. The summed E-state index contributed by atoms with van der Waals surface area (Å²) in [6.45, 7) is 5.59. The summed E-state index contributed by atoms with van der Waals surface area (Å²) in [5, 5.41) is 18.0. The summed E-state index contributed by atoms with van der Waals surface area (Å²) >= 11 is 0. The largest absolute Gasteiger partial charge is 0.372 e. The fraction of sp³-hybridized carbons (Fsp3) is 0.450. The number of benzene rings is 1. The minimum atomic E-state index is -0.502. The van der Waals surface area contributed by atoms with Crippen LogP contribution in [-0.4, -0.2) is 68.6 Å². The number of hydrogen-bond donors (Lipinski definition) is 1. The van der Waals surface area contributed by atoms with Gasteiger partial charge in [-0.3, -0.25) is 24.8 Å². The van der Waals surface area contributed by atoms with E-state index in [1.165, 1.54) is 24.3 Å². The highest BCUT2D eigenvalue weighted by Crippen LogP contribution is 2.24. The number of carbonyl (C=O) groups excluding carboxylic acids is 2. The predicted molar refractivity (Wildman–Crippen MR) is 106 cm³/mol. The molecule has 10 nitrogen and oxygen atoms in total. The number of nitro benzene ring substituents is 1. The maximum absolute atomic E-state index is 13.1. The maximum atomic E-state index is 13.1. The molecule has 2 amide bonds. The maximum Gasteiger partial charge on any atom is 0.274 e. The normalized spacial score (nSPS) is 21.3. The van der Waals surface area contributed by atoms with Crippen LogP contribution < -0.4 is 0 Å². The van der Waals surface area contributed by atoms with Crippen LogP contribution in [0.4, 0.5) is 5.69 Å². The molecule has 1 aromatic heterocycles. The van der Waals surface area contributed by atoms with E-state index in [1.807, 2.05) is 13.8 Å². The zero-order valence-corrected chi connectivity index (χ0v) is 16.8. The van der Waals surface area contributed by atoms with E-state index < -0.39 is 4.92 Å². The van der Waals surface area contributed by atoms with Crippen LogP contribution in [0.5, 0.6) is 0 Å². The first-order valence-corrected chi connectivity index (χ1v) is 9.88. The summed E-state index contributed by atoms with van der Waals surface area (Å²) < 4.78 is 5.70. The molecule has 1 aromatic carbocycles. The molecule has 0 saturated carbocycles. The molecule has 2 unspecified atom stereocenters. The zero-order chi connectivity index (χ0) is 21.4. The summed E-state index contributed by atoms with van der Waals surface area (Å²) in [6, 6.07) is 5.54. The molecule has 0 aliphatic carbocycles. The monoisotopic (exact) mass is 413 g/mol. The third kappa shape index (κ3) is 3.78. The van der Waals surface area contributed by atoms with Crippen LogP contribution in [0.2, 0.25) is 0 Å². The Bertz CT molecular complexity index is 976. The van der Waals surface area contributed by atoms with Gasteiger partial charge in [-0.25, -0.2) is 0 Å². The predicted octanol–water partition coefficient (Wildman–Crippen LogP) is 1.77. The number of H-pyrrole nitrogens is 1. The Balaban J connectivity index is 1.52. The molecule has 0 spiro atoms. The zero-order valence-electron chi connectivity index (χ0n) is 16.8. The van der Waals surface area contributed by atoms with Crippen molar-refractivity contribution < 1.29 is 19.2 Å². The minimum Gasteiger partial charge on any atom is -0.372 e. The first kappa shape index (κ1) is 20.0. The minimum absolute atomic E-state index is 0.0484. The van der Waals surface area contributed by atoms with Crippen molar-refractivity contribution in [1.82, 2.24) is 20.0 Å². The van der Waals surface area contributed by atoms with Gasteiger partial charge < -0.3 is 14.5 Å². The van der Waals surface area contributed by atoms with Crippen molar-refractivity contribution in [3.8, 4) is 0 Å². The van der Waals surface area contributed by atoms with E-state index in [4.69, 9.17) is 4.74 Å². The lowest BCUT2D eigenvalue weighted by Crippen LogP contribution is -2.48. The van der Waals surface area contributed by atoms with Gasteiger partial charge in [-0.15, -0.1) is 0 Å².